The topological polar surface area (TPSA) is 75.0 Å². The number of aryl methyl sites for hydroxylation is 1. The lowest BCUT2D eigenvalue weighted by Gasteiger charge is -2.38. The largest absolute Gasteiger partial charge is 0.497 e. The molecule has 1 saturated heterocycles. The number of hydrogen-bond acceptors (Lipinski definition) is 5. The molecule has 0 aliphatic carbocycles. The summed E-state index contributed by atoms with van der Waals surface area (Å²) in [5.41, 5.74) is 2.38. The molecule has 34 heavy (non-hydrogen) atoms. The molecule has 1 fully saturated rings. The van der Waals surface area contributed by atoms with Gasteiger partial charge in [-0.1, -0.05) is 12.1 Å². The fraction of sp³-hybridized carbons (Fsp3) is 0.385. The molecule has 7 nitrogen and oxygen atoms in total. The second kappa shape index (κ2) is 8.76. The summed E-state index contributed by atoms with van der Waals surface area (Å²) in [5.74, 6) is -1.14. The van der Waals surface area contributed by atoms with Crippen LogP contribution in [-0.2, 0) is 13.0 Å². The van der Waals surface area contributed by atoms with Crippen molar-refractivity contribution < 1.29 is 19.0 Å². The highest BCUT2D eigenvalue weighted by Gasteiger charge is 2.29. The predicted molar refractivity (Wildman–Crippen MR) is 129 cm³/mol. The van der Waals surface area contributed by atoms with Gasteiger partial charge >= 0.3 is 5.97 Å². The number of methoxy groups -OCH3 is 1. The Labute approximate surface area is 197 Å². The van der Waals surface area contributed by atoms with Crippen LogP contribution in [0.5, 0.6) is 5.75 Å². The van der Waals surface area contributed by atoms with Crippen molar-refractivity contribution in [1.29, 1.82) is 0 Å². The standard InChI is InChI=1S/C26H28FN3O4/c1-16-3-8-19-22(13-21(27)23-24(19)30(16)15-20(25(23)31)26(32)33)29-11-9-28(10-12-29)14-17-4-6-18(34-2)7-5-17/h4-7,13,15-16H,3,8-12,14H2,1-2H3,(H,32,33). The molecule has 8 heteroatoms. The van der Waals surface area contributed by atoms with E-state index in [9.17, 15) is 14.7 Å². The monoisotopic (exact) mass is 465 g/mol. The van der Waals surface area contributed by atoms with Crippen LogP contribution in [0.1, 0.15) is 40.9 Å². The van der Waals surface area contributed by atoms with Crippen LogP contribution in [-0.4, -0.2) is 53.8 Å². The summed E-state index contributed by atoms with van der Waals surface area (Å²) >= 11 is 0. The number of pyridine rings is 1. The van der Waals surface area contributed by atoms with Gasteiger partial charge in [0.15, 0.2) is 0 Å². The van der Waals surface area contributed by atoms with Crippen molar-refractivity contribution >= 4 is 22.6 Å². The van der Waals surface area contributed by atoms with Crippen LogP contribution in [0, 0.1) is 5.82 Å². The van der Waals surface area contributed by atoms with E-state index in [-0.39, 0.29) is 17.0 Å². The van der Waals surface area contributed by atoms with Crippen LogP contribution in [0.4, 0.5) is 10.1 Å². The molecule has 0 spiro atoms. The van der Waals surface area contributed by atoms with Gasteiger partial charge in [-0.3, -0.25) is 9.69 Å². The quantitative estimate of drug-likeness (QED) is 0.620. The van der Waals surface area contributed by atoms with Gasteiger partial charge in [-0.2, -0.15) is 0 Å². The lowest BCUT2D eigenvalue weighted by Crippen LogP contribution is -2.46. The molecule has 0 bridgehead atoms. The number of aromatic carboxylic acids is 1. The van der Waals surface area contributed by atoms with E-state index in [4.69, 9.17) is 4.74 Å². The van der Waals surface area contributed by atoms with Crippen molar-refractivity contribution in [3.63, 3.8) is 0 Å². The van der Waals surface area contributed by atoms with Crippen molar-refractivity contribution in [2.45, 2.75) is 32.4 Å². The van der Waals surface area contributed by atoms with Crippen LogP contribution < -0.4 is 15.1 Å². The highest BCUT2D eigenvalue weighted by Crippen LogP contribution is 2.37. The van der Waals surface area contributed by atoms with E-state index in [0.29, 0.717) is 5.52 Å². The molecule has 2 aliphatic rings. The zero-order valence-corrected chi connectivity index (χ0v) is 19.4. The van der Waals surface area contributed by atoms with Gasteiger partial charge in [-0.25, -0.2) is 9.18 Å². The summed E-state index contributed by atoms with van der Waals surface area (Å²) in [4.78, 5) is 29.0. The molecular formula is C26H28FN3O4. The molecule has 1 unspecified atom stereocenters. The third-order valence-electron chi connectivity index (χ3n) is 7.13. The van der Waals surface area contributed by atoms with Gasteiger partial charge in [-0.05, 0) is 43.5 Å². The highest BCUT2D eigenvalue weighted by molar-refractivity contribution is 5.95. The number of carbonyl (C=O) groups is 1. The Bertz CT molecular complexity index is 1310. The number of carboxylic acid groups (broad SMARTS) is 1. The van der Waals surface area contributed by atoms with Crippen molar-refractivity contribution in [3.8, 4) is 5.75 Å². The van der Waals surface area contributed by atoms with Crippen molar-refractivity contribution in [1.82, 2.24) is 9.47 Å². The van der Waals surface area contributed by atoms with Gasteiger partial charge < -0.3 is 19.3 Å². The first kappa shape index (κ1) is 22.4. The van der Waals surface area contributed by atoms with E-state index in [0.717, 1.165) is 62.6 Å². The maximum Gasteiger partial charge on any atom is 0.341 e. The molecule has 3 heterocycles. The smallest absolute Gasteiger partial charge is 0.341 e. The summed E-state index contributed by atoms with van der Waals surface area (Å²) in [7, 11) is 1.65. The molecule has 178 valence electrons. The summed E-state index contributed by atoms with van der Waals surface area (Å²) in [6, 6.07) is 9.49. The van der Waals surface area contributed by atoms with Gasteiger partial charge in [0.25, 0.3) is 0 Å². The van der Waals surface area contributed by atoms with E-state index < -0.39 is 17.2 Å². The zero-order valence-electron chi connectivity index (χ0n) is 19.4. The number of anilines is 1. The second-order valence-corrected chi connectivity index (χ2v) is 9.16. The van der Waals surface area contributed by atoms with E-state index in [2.05, 4.69) is 21.9 Å². The fourth-order valence-corrected chi connectivity index (χ4v) is 5.22. The first-order valence-corrected chi connectivity index (χ1v) is 11.6. The molecule has 2 aliphatic heterocycles. The number of rotatable bonds is 5. The van der Waals surface area contributed by atoms with Gasteiger partial charge in [0.2, 0.25) is 5.43 Å². The van der Waals surface area contributed by atoms with Crippen LogP contribution in [0.3, 0.4) is 0 Å². The Morgan fingerprint density at radius 2 is 1.88 bits per heavy atom. The molecule has 3 aromatic rings. The number of benzene rings is 2. The first-order valence-electron chi connectivity index (χ1n) is 11.6. The molecule has 2 aromatic carbocycles. The van der Waals surface area contributed by atoms with Gasteiger partial charge in [0.05, 0.1) is 18.0 Å². The molecular weight excluding hydrogens is 437 g/mol. The van der Waals surface area contributed by atoms with E-state index in [1.165, 1.54) is 17.8 Å². The highest BCUT2D eigenvalue weighted by atomic mass is 19.1. The van der Waals surface area contributed by atoms with E-state index in [1.54, 1.807) is 11.7 Å². The minimum atomic E-state index is -1.33. The second-order valence-electron chi connectivity index (χ2n) is 9.16. The first-order chi connectivity index (χ1) is 16.4. The minimum Gasteiger partial charge on any atom is -0.497 e. The summed E-state index contributed by atoms with van der Waals surface area (Å²) in [6.45, 7) is 5.99. The summed E-state index contributed by atoms with van der Waals surface area (Å²) in [5, 5.41) is 9.36. The molecule has 1 atom stereocenters. The number of halogens is 1. The Balaban J connectivity index is 1.44. The van der Waals surface area contributed by atoms with Crippen LogP contribution in [0.15, 0.2) is 41.3 Å². The van der Waals surface area contributed by atoms with Crippen LogP contribution in [0.25, 0.3) is 10.9 Å². The maximum absolute atomic E-state index is 15.3. The number of carboxylic acids is 1. The Morgan fingerprint density at radius 3 is 2.53 bits per heavy atom. The number of aromatic nitrogens is 1. The maximum atomic E-state index is 15.3. The number of hydrogen-bond donors (Lipinski definition) is 1. The Kier molecular flexibility index (Phi) is 5.77. The van der Waals surface area contributed by atoms with Crippen molar-refractivity contribution in [2.75, 3.05) is 38.2 Å². The molecule has 0 saturated carbocycles. The minimum absolute atomic E-state index is 0.00954. The fourth-order valence-electron chi connectivity index (χ4n) is 5.22. The summed E-state index contributed by atoms with van der Waals surface area (Å²) in [6.07, 6.45) is 2.92. The SMILES string of the molecule is COc1ccc(CN2CCN(c3cc(F)c4c(=O)c(C(=O)O)cn5c4c3CCC5C)CC2)cc1. The predicted octanol–water partition coefficient (Wildman–Crippen LogP) is 3.68. The van der Waals surface area contributed by atoms with Gasteiger partial charge in [-0.15, -0.1) is 0 Å². The molecule has 5 rings (SSSR count). The molecule has 1 aromatic heterocycles. The lowest BCUT2D eigenvalue weighted by molar-refractivity contribution is 0.0694. The summed E-state index contributed by atoms with van der Waals surface area (Å²) < 4.78 is 22.3. The Morgan fingerprint density at radius 1 is 1.18 bits per heavy atom. The van der Waals surface area contributed by atoms with Gasteiger partial charge in [0, 0.05) is 56.2 Å². The third kappa shape index (κ3) is 3.81. The zero-order chi connectivity index (χ0) is 24.0. The number of ether oxygens (including phenoxy) is 1. The normalized spacial score (nSPS) is 18.3. The molecule has 0 amide bonds. The average molecular weight is 466 g/mol. The molecule has 1 N–H and O–H groups in total. The number of nitrogens with zero attached hydrogens (tertiary/aromatic N) is 3. The Hall–Kier alpha value is -3.39. The van der Waals surface area contributed by atoms with Crippen LogP contribution >= 0.6 is 0 Å². The van der Waals surface area contributed by atoms with E-state index in [1.807, 2.05) is 19.1 Å². The van der Waals surface area contributed by atoms with Crippen molar-refractivity contribution in [3.05, 3.63) is 69.3 Å². The van der Waals surface area contributed by atoms with Gasteiger partial charge in [0.1, 0.15) is 17.1 Å². The van der Waals surface area contributed by atoms with Crippen molar-refractivity contribution in [2.24, 2.45) is 0 Å². The average Bonchev–Trinajstić information content (AvgIpc) is 2.83. The third-order valence-corrected chi connectivity index (χ3v) is 7.13. The van der Waals surface area contributed by atoms with E-state index >= 15 is 4.39 Å². The molecule has 0 radical (unpaired) electrons. The number of piperazine rings is 1. The lowest BCUT2D eigenvalue weighted by atomic mass is 9.93. The van der Waals surface area contributed by atoms with Crippen LogP contribution in [0.2, 0.25) is 0 Å².